The molecule has 9 heteroatoms. The maximum absolute atomic E-state index is 13.0. The van der Waals surface area contributed by atoms with Gasteiger partial charge in [-0.05, 0) is 48.5 Å². The Balaban J connectivity index is 1.35. The second kappa shape index (κ2) is 9.27. The summed E-state index contributed by atoms with van der Waals surface area (Å²) in [5.74, 6) is 2.62. The van der Waals surface area contributed by atoms with Crippen molar-refractivity contribution in [2.45, 2.75) is 17.5 Å². The van der Waals surface area contributed by atoms with Gasteiger partial charge < -0.3 is 14.0 Å². The minimum Gasteiger partial charge on any atom is -0.497 e. The first kappa shape index (κ1) is 20.4. The number of thiazole rings is 1. The van der Waals surface area contributed by atoms with Crippen molar-refractivity contribution in [3.8, 4) is 22.9 Å². The summed E-state index contributed by atoms with van der Waals surface area (Å²) in [6, 6.07) is 13.7. The van der Waals surface area contributed by atoms with Gasteiger partial charge >= 0.3 is 0 Å². The van der Waals surface area contributed by atoms with Crippen molar-refractivity contribution in [1.82, 2.24) is 19.7 Å². The van der Waals surface area contributed by atoms with Crippen molar-refractivity contribution in [2.24, 2.45) is 7.05 Å². The molecule has 0 radical (unpaired) electrons. The molecule has 0 aliphatic heterocycles. The minimum absolute atomic E-state index is 0.283. The highest BCUT2D eigenvalue weighted by Gasteiger charge is 2.12. The van der Waals surface area contributed by atoms with Crippen LogP contribution in [0.4, 0.5) is 4.39 Å². The van der Waals surface area contributed by atoms with Gasteiger partial charge in [-0.25, -0.2) is 9.37 Å². The van der Waals surface area contributed by atoms with Crippen molar-refractivity contribution in [3.63, 3.8) is 0 Å². The van der Waals surface area contributed by atoms with Crippen LogP contribution in [0, 0.1) is 5.82 Å². The molecule has 154 valence electrons. The molecule has 4 aromatic rings. The van der Waals surface area contributed by atoms with Crippen LogP contribution in [0.25, 0.3) is 11.4 Å². The number of methoxy groups -OCH3 is 1. The lowest BCUT2D eigenvalue weighted by Crippen LogP contribution is -1.96. The SMILES string of the molecule is COc1ccc(-c2nnc(SCc3csc(COc4ccc(F)cc4)n3)n2C)cc1. The van der Waals surface area contributed by atoms with E-state index in [1.54, 1.807) is 31.0 Å². The Hall–Kier alpha value is -2.91. The van der Waals surface area contributed by atoms with Gasteiger partial charge in [0.1, 0.15) is 28.9 Å². The molecule has 0 aliphatic rings. The summed E-state index contributed by atoms with van der Waals surface area (Å²) in [4.78, 5) is 4.60. The third kappa shape index (κ3) is 4.80. The molecule has 4 rings (SSSR count). The Morgan fingerprint density at radius 1 is 1.03 bits per heavy atom. The lowest BCUT2D eigenvalue weighted by molar-refractivity contribution is 0.305. The molecule has 0 spiro atoms. The highest BCUT2D eigenvalue weighted by atomic mass is 32.2. The Kier molecular flexibility index (Phi) is 6.29. The second-order valence-electron chi connectivity index (χ2n) is 6.36. The quantitative estimate of drug-likeness (QED) is 0.360. The van der Waals surface area contributed by atoms with Crippen LogP contribution in [0.5, 0.6) is 11.5 Å². The zero-order valence-electron chi connectivity index (χ0n) is 16.4. The summed E-state index contributed by atoms with van der Waals surface area (Å²) in [7, 11) is 3.59. The van der Waals surface area contributed by atoms with Gasteiger partial charge in [-0.2, -0.15) is 0 Å². The first-order valence-electron chi connectivity index (χ1n) is 9.10. The number of rotatable bonds is 8. The van der Waals surface area contributed by atoms with Crippen LogP contribution in [0.2, 0.25) is 0 Å². The van der Waals surface area contributed by atoms with Crippen LogP contribution < -0.4 is 9.47 Å². The fraction of sp³-hybridized carbons (Fsp3) is 0.190. The Bertz CT molecular complexity index is 1110. The van der Waals surface area contributed by atoms with Crippen LogP contribution in [-0.2, 0) is 19.4 Å². The zero-order chi connectivity index (χ0) is 20.9. The number of halogens is 1. The number of nitrogens with zero attached hydrogens (tertiary/aromatic N) is 4. The van der Waals surface area contributed by atoms with Crippen molar-refractivity contribution in [2.75, 3.05) is 7.11 Å². The second-order valence-corrected chi connectivity index (χ2v) is 8.24. The molecule has 0 saturated heterocycles. The van der Waals surface area contributed by atoms with E-state index in [1.165, 1.54) is 23.5 Å². The predicted molar refractivity (Wildman–Crippen MR) is 115 cm³/mol. The van der Waals surface area contributed by atoms with E-state index in [1.807, 2.05) is 41.3 Å². The predicted octanol–water partition coefficient (Wildman–Crippen LogP) is 4.96. The lowest BCUT2D eigenvalue weighted by atomic mass is 10.2. The van der Waals surface area contributed by atoms with E-state index in [-0.39, 0.29) is 5.82 Å². The molecular formula is C21H19FN4O2S2. The standard InChI is InChI=1S/C21H19FN4O2S2/c1-26-20(14-3-7-17(27-2)8-4-14)24-25-21(26)30-13-16-12-29-19(23-16)11-28-18-9-5-15(22)6-10-18/h3-10,12H,11,13H2,1-2H3. The molecule has 2 heterocycles. The highest BCUT2D eigenvalue weighted by Crippen LogP contribution is 2.27. The number of ether oxygens (including phenoxy) is 2. The smallest absolute Gasteiger partial charge is 0.191 e. The van der Waals surface area contributed by atoms with Crippen LogP contribution in [0.15, 0.2) is 59.1 Å². The molecule has 0 unspecified atom stereocenters. The molecule has 0 atom stereocenters. The van der Waals surface area contributed by atoms with Crippen LogP contribution >= 0.6 is 23.1 Å². The molecule has 30 heavy (non-hydrogen) atoms. The summed E-state index contributed by atoms with van der Waals surface area (Å²) in [6.07, 6.45) is 0. The highest BCUT2D eigenvalue weighted by molar-refractivity contribution is 7.98. The maximum atomic E-state index is 13.0. The van der Waals surface area contributed by atoms with E-state index >= 15 is 0 Å². The number of benzene rings is 2. The van der Waals surface area contributed by atoms with Crippen molar-refractivity contribution >= 4 is 23.1 Å². The van der Waals surface area contributed by atoms with Crippen LogP contribution in [0.3, 0.4) is 0 Å². The van der Waals surface area contributed by atoms with E-state index in [0.717, 1.165) is 33.0 Å². The Morgan fingerprint density at radius 2 is 1.77 bits per heavy atom. The number of aromatic nitrogens is 4. The monoisotopic (exact) mass is 442 g/mol. The summed E-state index contributed by atoms with van der Waals surface area (Å²) < 4.78 is 25.8. The van der Waals surface area contributed by atoms with E-state index < -0.39 is 0 Å². The van der Waals surface area contributed by atoms with Gasteiger partial charge in [0.25, 0.3) is 0 Å². The normalized spacial score (nSPS) is 10.9. The molecule has 0 saturated carbocycles. The summed E-state index contributed by atoms with van der Waals surface area (Å²) in [5, 5.41) is 12.3. The summed E-state index contributed by atoms with van der Waals surface area (Å²) in [5.41, 5.74) is 1.93. The van der Waals surface area contributed by atoms with Gasteiger partial charge in [0.15, 0.2) is 11.0 Å². The van der Waals surface area contributed by atoms with E-state index in [0.29, 0.717) is 18.1 Å². The zero-order valence-corrected chi connectivity index (χ0v) is 18.0. The van der Waals surface area contributed by atoms with Gasteiger partial charge in [-0.1, -0.05) is 11.8 Å². The maximum Gasteiger partial charge on any atom is 0.191 e. The van der Waals surface area contributed by atoms with Crippen LogP contribution in [0.1, 0.15) is 10.7 Å². The Morgan fingerprint density at radius 3 is 2.50 bits per heavy atom. The lowest BCUT2D eigenvalue weighted by Gasteiger charge is -2.04. The Labute approximate surface area is 181 Å². The van der Waals surface area contributed by atoms with Crippen LogP contribution in [-0.4, -0.2) is 26.9 Å². The van der Waals surface area contributed by atoms with Crippen molar-refractivity contribution in [1.29, 1.82) is 0 Å². The average molecular weight is 443 g/mol. The molecule has 0 bridgehead atoms. The summed E-state index contributed by atoms with van der Waals surface area (Å²) in [6.45, 7) is 0.354. The molecule has 6 nitrogen and oxygen atoms in total. The molecule has 2 aromatic carbocycles. The van der Waals surface area contributed by atoms with E-state index in [2.05, 4.69) is 15.2 Å². The third-order valence-corrected chi connectivity index (χ3v) is 6.23. The first-order valence-corrected chi connectivity index (χ1v) is 11.0. The average Bonchev–Trinajstić information content (AvgIpc) is 3.38. The largest absolute Gasteiger partial charge is 0.497 e. The first-order chi connectivity index (χ1) is 14.6. The minimum atomic E-state index is -0.283. The molecular weight excluding hydrogens is 423 g/mol. The molecule has 0 amide bonds. The van der Waals surface area contributed by atoms with E-state index in [4.69, 9.17) is 9.47 Å². The van der Waals surface area contributed by atoms with Crippen molar-refractivity contribution < 1.29 is 13.9 Å². The van der Waals surface area contributed by atoms with Crippen molar-refractivity contribution in [3.05, 3.63) is 70.4 Å². The summed E-state index contributed by atoms with van der Waals surface area (Å²) >= 11 is 3.12. The van der Waals surface area contributed by atoms with Gasteiger partial charge in [0.2, 0.25) is 0 Å². The number of thioether (sulfide) groups is 1. The van der Waals surface area contributed by atoms with Gasteiger partial charge in [-0.15, -0.1) is 21.5 Å². The molecule has 0 N–H and O–H groups in total. The van der Waals surface area contributed by atoms with E-state index in [9.17, 15) is 4.39 Å². The molecule has 0 fully saturated rings. The molecule has 2 aromatic heterocycles. The third-order valence-electron chi connectivity index (χ3n) is 4.31. The van der Waals surface area contributed by atoms with Gasteiger partial charge in [0, 0.05) is 23.7 Å². The molecule has 0 aliphatic carbocycles. The number of hydrogen-bond donors (Lipinski definition) is 0. The number of hydrogen-bond acceptors (Lipinski definition) is 7. The van der Waals surface area contributed by atoms with Gasteiger partial charge in [0.05, 0.1) is 12.8 Å². The fourth-order valence-corrected chi connectivity index (χ4v) is 4.34. The topological polar surface area (TPSA) is 62.1 Å². The fourth-order valence-electron chi connectivity index (χ4n) is 2.73. The van der Waals surface area contributed by atoms with Gasteiger partial charge in [-0.3, -0.25) is 0 Å².